The largest absolute Gasteiger partial charge is 0.381 e. The molecule has 1 N–H and O–H groups in total. The molecule has 0 aliphatic carbocycles. The molecule has 1 saturated heterocycles. The number of thiophene rings is 1. The first-order valence-electron chi connectivity index (χ1n) is 6.79. The van der Waals surface area contributed by atoms with Crippen LogP contribution in [0.1, 0.15) is 17.7 Å². The highest BCUT2D eigenvalue weighted by atomic mass is 35.5. The summed E-state index contributed by atoms with van der Waals surface area (Å²) < 4.78 is 6.66. The van der Waals surface area contributed by atoms with Gasteiger partial charge in [0.1, 0.15) is 0 Å². The minimum atomic E-state index is 0.741. The van der Waals surface area contributed by atoms with Crippen LogP contribution in [0.25, 0.3) is 10.1 Å². The van der Waals surface area contributed by atoms with Crippen molar-refractivity contribution in [1.82, 2.24) is 5.32 Å². The first-order valence-corrected chi connectivity index (χ1v) is 7.98. The zero-order valence-corrected chi connectivity index (χ0v) is 12.4. The van der Waals surface area contributed by atoms with E-state index in [9.17, 15) is 0 Å². The first-order chi connectivity index (χ1) is 9.34. The van der Waals surface area contributed by atoms with Gasteiger partial charge >= 0.3 is 0 Å². The second kappa shape index (κ2) is 6.23. The van der Waals surface area contributed by atoms with E-state index in [0.717, 1.165) is 37.2 Å². The van der Waals surface area contributed by atoms with E-state index in [1.165, 1.54) is 27.8 Å². The van der Waals surface area contributed by atoms with Gasteiger partial charge in [-0.2, -0.15) is 0 Å². The Labute approximate surface area is 122 Å². The standard InChI is InChI=1S/C15H18ClNOS/c16-15-12-3-1-2-4-13(12)19-14(15)9-17-7-5-11-6-8-18-10-11/h1-4,11,17H,5-10H2. The van der Waals surface area contributed by atoms with Crippen LogP contribution < -0.4 is 5.32 Å². The van der Waals surface area contributed by atoms with E-state index >= 15 is 0 Å². The molecule has 2 nitrogen and oxygen atoms in total. The predicted molar refractivity (Wildman–Crippen MR) is 82.1 cm³/mol. The normalized spacial score (nSPS) is 19.3. The van der Waals surface area contributed by atoms with Crippen molar-refractivity contribution < 1.29 is 4.74 Å². The molecule has 2 aromatic rings. The Bertz CT molecular complexity index is 548. The van der Waals surface area contributed by atoms with Gasteiger partial charge in [-0.3, -0.25) is 0 Å². The first kappa shape index (κ1) is 13.4. The van der Waals surface area contributed by atoms with Crippen molar-refractivity contribution in [3.05, 3.63) is 34.2 Å². The van der Waals surface area contributed by atoms with Gasteiger partial charge in [-0.25, -0.2) is 0 Å². The number of hydrogen-bond acceptors (Lipinski definition) is 3. The summed E-state index contributed by atoms with van der Waals surface area (Å²) >= 11 is 8.20. The lowest BCUT2D eigenvalue weighted by atomic mass is 10.1. The highest BCUT2D eigenvalue weighted by molar-refractivity contribution is 7.19. The lowest BCUT2D eigenvalue weighted by Gasteiger charge is -2.07. The highest BCUT2D eigenvalue weighted by Gasteiger charge is 2.15. The fourth-order valence-electron chi connectivity index (χ4n) is 2.50. The SMILES string of the molecule is Clc1c(CNCCC2CCOC2)sc2ccccc12. The van der Waals surface area contributed by atoms with Gasteiger partial charge in [0, 0.05) is 34.7 Å². The van der Waals surface area contributed by atoms with Crippen LogP contribution in [0.3, 0.4) is 0 Å². The third-order valence-electron chi connectivity index (χ3n) is 3.64. The molecule has 1 aliphatic rings. The quantitative estimate of drug-likeness (QED) is 0.840. The van der Waals surface area contributed by atoms with Crippen molar-refractivity contribution in [2.24, 2.45) is 5.92 Å². The van der Waals surface area contributed by atoms with Crippen LogP contribution in [0.4, 0.5) is 0 Å². The summed E-state index contributed by atoms with van der Waals surface area (Å²) in [6.45, 7) is 3.78. The Morgan fingerprint density at radius 2 is 2.26 bits per heavy atom. The van der Waals surface area contributed by atoms with E-state index < -0.39 is 0 Å². The van der Waals surface area contributed by atoms with Gasteiger partial charge in [0.25, 0.3) is 0 Å². The molecular weight excluding hydrogens is 278 g/mol. The smallest absolute Gasteiger partial charge is 0.0636 e. The second-order valence-electron chi connectivity index (χ2n) is 5.03. The van der Waals surface area contributed by atoms with Crippen LogP contribution in [0.2, 0.25) is 5.02 Å². The molecule has 1 aromatic carbocycles. The van der Waals surface area contributed by atoms with Crippen LogP contribution >= 0.6 is 22.9 Å². The Balaban J connectivity index is 1.54. The Kier molecular flexibility index (Phi) is 4.38. The summed E-state index contributed by atoms with van der Waals surface area (Å²) in [4.78, 5) is 1.24. The third-order valence-corrected chi connectivity index (χ3v) is 5.35. The lowest BCUT2D eigenvalue weighted by Crippen LogP contribution is -2.17. The summed E-state index contributed by atoms with van der Waals surface area (Å²) in [6, 6.07) is 8.32. The summed E-state index contributed by atoms with van der Waals surface area (Å²) in [6.07, 6.45) is 2.41. The number of ether oxygens (including phenoxy) is 1. The van der Waals surface area contributed by atoms with Crippen molar-refractivity contribution in [2.75, 3.05) is 19.8 Å². The number of fused-ring (bicyclic) bond motifs is 1. The van der Waals surface area contributed by atoms with Gasteiger partial charge in [0.2, 0.25) is 0 Å². The number of benzene rings is 1. The third kappa shape index (κ3) is 3.11. The van der Waals surface area contributed by atoms with Crippen molar-refractivity contribution in [3.63, 3.8) is 0 Å². The minimum Gasteiger partial charge on any atom is -0.381 e. The summed E-state index contributed by atoms with van der Waals surface area (Å²) in [5, 5.41) is 5.59. The maximum Gasteiger partial charge on any atom is 0.0636 e. The van der Waals surface area contributed by atoms with Crippen molar-refractivity contribution in [3.8, 4) is 0 Å². The van der Waals surface area contributed by atoms with Gasteiger partial charge in [0.15, 0.2) is 0 Å². The molecule has 102 valence electrons. The van der Waals surface area contributed by atoms with Crippen LogP contribution in [0.5, 0.6) is 0 Å². The van der Waals surface area contributed by atoms with E-state index in [0.29, 0.717) is 0 Å². The molecule has 2 heterocycles. The molecule has 1 fully saturated rings. The van der Waals surface area contributed by atoms with Crippen LogP contribution in [0, 0.1) is 5.92 Å². The van der Waals surface area contributed by atoms with E-state index in [-0.39, 0.29) is 0 Å². The Morgan fingerprint density at radius 3 is 3.05 bits per heavy atom. The van der Waals surface area contributed by atoms with Crippen LogP contribution in [0.15, 0.2) is 24.3 Å². The molecule has 0 saturated carbocycles. The van der Waals surface area contributed by atoms with Gasteiger partial charge in [0.05, 0.1) is 5.02 Å². The van der Waals surface area contributed by atoms with Gasteiger partial charge in [-0.05, 0) is 31.4 Å². The molecule has 19 heavy (non-hydrogen) atoms. The number of halogens is 1. The predicted octanol–water partition coefficient (Wildman–Crippen LogP) is 4.07. The topological polar surface area (TPSA) is 21.3 Å². The number of nitrogens with one attached hydrogen (secondary N) is 1. The Morgan fingerprint density at radius 1 is 1.37 bits per heavy atom. The van der Waals surface area contributed by atoms with E-state index in [4.69, 9.17) is 16.3 Å². The van der Waals surface area contributed by atoms with E-state index in [2.05, 4.69) is 23.5 Å². The van der Waals surface area contributed by atoms with Crippen molar-refractivity contribution >= 4 is 33.0 Å². The van der Waals surface area contributed by atoms with Crippen molar-refractivity contribution in [1.29, 1.82) is 0 Å². The average Bonchev–Trinajstić information content (AvgIpc) is 3.04. The monoisotopic (exact) mass is 295 g/mol. The summed E-state index contributed by atoms with van der Waals surface area (Å²) in [5.74, 6) is 0.741. The van der Waals surface area contributed by atoms with E-state index in [1.54, 1.807) is 11.3 Å². The van der Waals surface area contributed by atoms with Gasteiger partial charge < -0.3 is 10.1 Å². The molecule has 0 bridgehead atoms. The zero-order valence-electron chi connectivity index (χ0n) is 10.8. The number of rotatable bonds is 5. The van der Waals surface area contributed by atoms with Crippen LogP contribution in [-0.4, -0.2) is 19.8 Å². The molecule has 0 spiro atoms. The molecule has 1 aliphatic heterocycles. The number of hydrogen-bond donors (Lipinski definition) is 1. The Hall–Kier alpha value is -0.610. The molecule has 0 amide bonds. The summed E-state index contributed by atoms with van der Waals surface area (Å²) in [7, 11) is 0. The lowest BCUT2D eigenvalue weighted by molar-refractivity contribution is 0.184. The average molecular weight is 296 g/mol. The second-order valence-corrected chi connectivity index (χ2v) is 6.55. The molecule has 1 aromatic heterocycles. The molecule has 3 rings (SSSR count). The minimum absolute atomic E-state index is 0.741. The fourth-order valence-corrected chi connectivity index (χ4v) is 3.97. The fraction of sp³-hybridized carbons (Fsp3) is 0.467. The zero-order chi connectivity index (χ0) is 13.1. The van der Waals surface area contributed by atoms with Crippen molar-refractivity contribution in [2.45, 2.75) is 19.4 Å². The molecule has 0 radical (unpaired) electrons. The maximum absolute atomic E-state index is 6.41. The van der Waals surface area contributed by atoms with Gasteiger partial charge in [-0.1, -0.05) is 29.8 Å². The molecule has 1 atom stereocenters. The molecule has 1 unspecified atom stereocenters. The van der Waals surface area contributed by atoms with Gasteiger partial charge in [-0.15, -0.1) is 11.3 Å². The maximum atomic E-state index is 6.41. The van der Waals surface area contributed by atoms with Crippen LogP contribution in [-0.2, 0) is 11.3 Å². The molecular formula is C15H18ClNOS. The van der Waals surface area contributed by atoms with E-state index in [1.807, 2.05) is 6.07 Å². The molecule has 4 heteroatoms. The highest BCUT2D eigenvalue weighted by Crippen LogP contribution is 2.34. The summed E-state index contributed by atoms with van der Waals surface area (Å²) in [5.41, 5.74) is 0.